The van der Waals surface area contributed by atoms with Crippen molar-refractivity contribution in [2.75, 3.05) is 6.61 Å². The molecule has 0 amide bonds. The van der Waals surface area contributed by atoms with Crippen molar-refractivity contribution in [2.45, 2.75) is 88.3 Å². The molecule has 1 saturated heterocycles. The quantitative estimate of drug-likeness (QED) is 0.506. The Morgan fingerprint density at radius 2 is 1.74 bits per heavy atom. The lowest BCUT2D eigenvalue weighted by atomic mass is 9.86. The molecule has 3 fully saturated rings. The van der Waals surface area contributed by atoms with E-state index in [1.807, 2.05) is 6.20 Å². The summed E-state index contributed by atoms with van der Waals surface area (Å²) in [4.78, 5) is 44.2. The second-order valence-corrected chi connectivity index (χ2v) is 11.1. The number of pyridine rings is 2. The summed E-state index contributed by atoms with van der Waals surface area (Å²) < 4.78 is 38.8. The van der Waals surface area contributed by atoms with Gasteiger partial charge < -0.3 is 9.30 Å². The fourth-order valence-corrected chi connectivity index (χ4v) is 6.05. The number of alkyl halides is 2. The Kier molecular flexibility index (Phi) is 6.13. The summed E-state index contributed by atoms with van der Waals surface area (Å²) in [7, 11) is 1.64. The van der Waals surface area contributed by atoms with E-state index in [0.29, 0.717) is 36.2 Å². The van der Waals surface area contributed by atoms with Crippen LogP contribution in [0, 0.1) is 6.92 Å². The largest absolute Gasteiger partial charge is 0.373 e. The van der Waals surface area contributed by atoms with Gasteiger partial charge in [-0.3, -0.25) is 23.5 Å². The van der Waals surface area contributed by atoms with E-state index in [4.69, 9.17) is 4.74 Å². The van der Waals surface area contributed by atoms with Crippen LogP contribution >= 0.6 is 0 Å². The van der Waals surface area contributed by atoms with E-state index >= 15 is 0 Å². The summed E-state index contributed by atoms with van der Waals surface area (Å²) in [5.41, 5.74) is 1.11. The third kappa shape index (κ3) is 4.42. The second-order valence-electron chi connectivity index (χ2n) is 11.1. The van der Waals surface area contributed by atoms with Gasteiger partial charge in [0.25, 0.3) is 16.7 Å². The number of nitrogens with zero attached hydrogens (tertiary/aromatic N) is 4. The van der Waals surface area contributed by atoms with E-state index in [9.17, 15) is 23.2 Å². The lowest BCUT2D eigenvalue weighted by Crippen LogP contribution is -2.36. The van der Waals surface area contributed by atoms with Crippen LogP contribution in [0.2, 0.25) is 0 Å². The molecule has 6 rings (SSSR count). The molecule has 202 valence electrons. The third-order valence-corrected chi connectivity index (χ3v) is 8.57. The van der Waals surface area contributed by atoms with E-state index in [1.165, 1.54) is 9.13 Å². The average Bonchev–Trinajstić information content (AvgIpc) is 3.74. The maximum absolute atomic E-state index is 14.0. The Balaban J connectivity index is 1.43. The van der Waals surface area contributed by atoms with Gasteiger partial charge in [0.05, 0.1) is 11.5 Å². The summed E-state index contributed by atoms with van der Waals surface area (Å²) >= 11 is 0. The summed E-state index contributed by atoms with van der Waals surface area (Å²) in [5, 5.41) is 0.329. The van der Waals surface area contributed by atoms with Crippen LogP contribution in [0.15, 0.2) is 38.8 Å². The van der Waals surface area contributed by atoms with Crippen molar-refractivity contribution in [1.29, 1.82) is 0 Å². The van der Waals surface area contributed by atoms with E-state index < -0.39 is 12.0 Å². The van der Waals surface area contributed by atoms with Gasteiger partial charge >= 0.3 is 0 Å². The van der Waals surface area contributed by atoms with Crippen molar-refractivity contribution in [3.8, 4) is 0 Å². The van der Waals surface area contributed by atoms with Crippen LogP contribution in [-0.4, -0.2) is 31.2 Å². The van der Waals surface area contributed by atoms with E-state index in [1.54, 1.807) is 36.7 Å². The smallest absolute Gasteiger partial charge is 0.262 e. The summed E-state index contributed by atoms with van der Waals surface area (Å²) in [6.07, 6.45) is 4.39. The summed E-state index contributed by atoms with van der Waals surface area (Å²) in [6, 6.07) is 4.82. The molecule has 2 saturated carbocycles. The number of aromatic nitrogens is 4. The van der Waals surface area contributed by atoms with Crippen molar-refractivity contribution in [3.63, 3.8) is 0 Å². The number of halogens is 2. The molecule has 0 unspecified atom stereocenters. The Morgan fingerprint density at radius 3 is 2.45 bits per heavy atom. The van der Waals surface area contributed by atoms with Crippen molar-refractivity contribution in [2.24, 2.45) is 7.05 Å². The zero-order valence-electron chi connectivity index (χ0n) is 21.7. The van der Waals surface area contributed by atoms with E-state index in [-0.39, 0.29) is 66.1 Å². The standard InChI is InChI=1S/C28H32F2N4O4/c1-16-31-25-22(26(36)32(16)2)14-21(27(37)34(25)20-7-10-28(29,30)11-8-20)17-9-12-38-23(13-17)18-3-6-24(35)33(15-18)19-4-5-19/h3,6,14-15,17,19-20,23H,4-5,7-13H2,1-2H3/t17-,23+/m0/s1. The maximum atomic E-state index is 14.0. The molecule has 0 bridgehead atoms. The van der Waals surface area contributed by atoms with Gasteiger partial charge in [0.2, 0.25) is 5.92 Å². The molecule has 10 heteroatoms. The highest BCUT2D eigenvalue weighted by molar-refractivity contribution is 5.75. The molecule has 0 radical (unpaired) electrons. The molecule has 2 aliphatic carbocycles. The predicted octanol–water partition coefficient (Wildman–Crippen LogP) is 4.29. The highest BCUT2D eigenvalue weighted by atomic mass is 19.3. The summed E-state index contributed by atoms with van der Waals surface area (Å²) in [6.45, 7) is 2.12. The first kappa shape index (κ1) is 25.2. The van der Waals surface area contributed by atoms with Crippen molar-refractivity contribution in [1.82, 2.24) is 18.7 Å². The number of aryl methyl sites for hydroxylation is 1. The molecule has 2 atom stereocenters. The lowest BCUT2D eigenvalue weighted by molar-refractivity contribution is -0.0439. The number of hydrogen-bond donors (Lipinski definition) is 0. The molecule has 0 spiro atoms. The lowest BCUT2D eigenvalue weighted by Gasteiger charge is -2.33. The first-order valence-corrected chi connectivity index (χ1v) is 13.5. The molecular weight excluding hydrogens is 494 g/mol. The normalized spacial score (nSPS) is 24.1. The molecule has 8 nitrogen and oxygen atoms in total. The fraction of sp³-hybridized carbons (Fsp3) is 0.571. The number of hydrogen-bond acceptors (Lipinski definition) is 5. The Labute approximate surface area is 217 Å². The van der Waals surface area contributed by atoms with Crippen LogP contribution in [-0.2, 0) is 11.8 Å². The minimum absolute atomic E-state index is 0.0299. The van der Waals surface area contributed by atoms with Crippen LogP contribution in [0.3, 0.4) is 0 Å². The zero-order valence-corrected chi connectivity index (χ0v) is 21.7. The maximum Gasteiger partial charge on any atom is 0.262 e. The Morgan fingerprint density at radius 1 is 1.00 bits per heavy atom. The molecule has 3 aromatic heterocycles. The zero-order chi connectivity index (χ0) is 26.8. The average molecular weight is 527 g/mol. The molecule has 3 aliphatic rings. The van der Waals surface area contributed by atoms with Crippen LogP contribution in [0.25, 0.3) is 11.0 Å². The van der Waals surface area contributed by atoms with Crippen LogP contribution < -0.4 is 16.7 Å². The molecule has 0 aromatic carbocycles. The third-order valence-electron chi connectivity index (χ3n) is 8.57. The van der Waals surface area contributed by atoms with Crippen LogP contribution in [0.5, 0.6) is 0 Å². The van der Waals surface area contributed by atoms with E-state index in [2.05, 4.69) is 4.98 Å². The monoisotopic (exact) mass is 526 g/mol. The van der Waals surface area contributed by atoms with E-state index in [0.717, 1.165) is 18.4 Å². The highest BCUT2D eigenvalue weighted by Crippen LogP contribution is 2.41. The van der Waals surface area contributed by atoms with Crippen molar-refractivity contribution < 1.29 is 13.5 Å². The van der Waals surface area contributed by atoms with Gasteiger partial charge in [0.15, 0.2) is 5.65 Å². The Hall–Kier alpha value is -3.14. The Bertz CT molecular complexity index is 1580. The first-order chi connectivity index (χ1) is 18.1. The predicted molar refractivity (Wildman–Crippen MR) is 138 cm³/mol. The first-order valence-electron chi connectivity index (χ1n) is 13.5. The van der Waals surface area contributed by atoms with Crippen molar-refractivity contribution >= 4 is 11.0 Å². The molecule has 3 aromatic rings. The topological polar surface area (TPSA) is 88.1 Å². The van der Waals surface area contributed by atoms with Gasteiger partial charge in [-0.2, -0.15) is 0 Å². The van der Waals surface area contributed by atoms with Gasteiger partial charge in [0.1, 0.15) is 5.82 Å². The minimum atomic E-state index is -2.74. The van der Waals surface area contributed by atoms with Gasteiger partial charge in [0, 0.05) is 56.4 Å². The second kappa shape index (κ2) is 9.25. The van der Waals surface area contributed by atoms with Crippen molar-refractivity contribution in [3.05, 3.63) is 72.4 Å². The summed E-state index contributed by atoms with van der Waals surface area (Å²) in [5.74, 6) is -2.46. The number of ether oxygens (including phenoxy) is 1. The number of fused-ring (bicyclic) bond motifs is 1. The van der Waals surface area contributed by atoms with Crippen LogP contribution in [0.4, 0.5) is 8.78 Å². The van der Waals surface area contributed by atoms with Gasteiger partial charge in [-0.05, 0) is 69.1 Å². The molecule has 0 N–H and O–H groups in total. The van der Waals surface area contributed by atoms with Crippen LogP contribution in [0.1, 0.15) is 92.4 Å². The molecule has 1 aliphatic heterocycles. The van der Waals surface area contributed by atoms with Gasteiger partial charge in [-0.25, -0.2) is 13.8 Å². The van der Waals surface area contributed by atoms with Gasteiger partial charge in [-0.1, -0.05) is 0 Å². The SMILES string of the molecule is Cc1nc2c(cc([C@H]3CCO[C@@H](c4ccc(=O)n(C5CC5)c4)C3)c(=O)n2C2CCC(F)(F)CC2)c(=O)n1C. The molecule has 4 heterocycles. The van der Waals surface area contributed by atoms with Gasteiger partial charge in [-0.15, -0.1) is 0 Å². The fourth-order valence-electron chi connectivity index (χ4n) is 6.05. The molecule has 38 heavy (non-hydrogen) atoms. The number of rotatable bonds is 4. The molecular formula is C28H32F2N4O4. The highest BCUT2D eigenvalue weighted by Gasteiger charge is 2.37. The minimum Gasteiger partial charge on any atom is -0.373 e.